The lowest BCUT2D eigenvalue weighted by Crippen LogP contribution is -2.18. The van der Waals surface area contributed by atoms with Crippen LogP contribution >= 0.6 is 0 Å². The van der Waals surface area contributed by atoms with E-state index in [9.17, 15) is 0 Å². The van der Waals surface area contributed by atoms with Crippen molar-refractivity contribution in [3.63, 3.8) is 0 Å². The number of aliphatic imine (C=N–C) groups is 1. The molecule has 1 rings (SSSR count). The Balaban J connectivity index is 0. The molecule has 0 aromatic heterocycles. The van der Waals surface area contributed by atoms with Crippen molar-refractivity contribution < 1.29 is 11.3 Å². The Bertz CT molecular complexity index is 137. The molecule has 10 heavy (non-hydrogen) atoms. The third-order valence-corrected chi connectivity index (χ3v) is 0.845. The fourth-order valence-electron chi connectivity index (χ4n) is 0.472. The second-order valence-electron chi connectivity index (χ2n) is 1.42. The van der Waals surface area contributed by atoms with Gasteiger partial charge in [-0.05, 0) is 6.08 Å². The monoisotopic (exact) mass is 146 g/mol. The molecule has 1 aliphatic heterocycles. The lowest BCUT2D eigenvalue weighted by atomic mass is 10.5. The second-order valence-corrected chi connectivity index (χ2v) is 1.42. The summed E-state index contributed by atoms with van der Waals surface area (Å²) in [7, 11) is 1.00. The van der Waals surface area contributed by atoms with Crippen LogP contribution in [0.1, 0.15) is 1.43 Å². The summed E-state index contributed by atoms with van der Waals surface area (Å²) in [5, 5.41) is 7.00. The molecule has 0 unspecified atom stereocenters. The molecule has 0 aromatic rings. The van der Waals surface area contributed by atoms with E-state index >= 15 is 0 Å². The number of aliphatic hydroxyl groups is 1. The van der Waals surface area contributed by atoms with E-state index in [2.05, 4.69) is 4.99 Å². The molecule has 4 heteroatoms. The Labute approximate surface area is 61.5 Å². The Morgan fingerprint density at radius 1 is 1.90 bits per heavy atom. The van der Waals surface area contributed by atoms with Crippen molar-refractivity contribution in [1.29, 1.82) is 0 Å². The number of nitrogens with zero attached hydrogens (tertiary/aromatic N) is 1. The quantitative estimate of drug-likeness (QED) is 0.535. The Hall–Kier alpha value is -0.870. The lowest BCUT2D eigenvalue weighted by molar-refractivity contribution is 0.338. The van der Waals surface area contributed by atoms with Crippen LogP contribution in [0.4, 0.5) is 0 Å². The molecular weight excluding hydrogens is 132 g/mol. The van der Waals surface area contributed by atoms with Gasteiger partial charge in [-0.25, -0.2) is 4.99 Å². The molecule has 1 heterocycles. The normalized spacial score (nSPS) is 14.5. The SMILES string of the molecule is CO.NCC1=NC=CCO1.[HH]. The molecule has 0 radical (unpaired) electrons. The number of ether oxygens (including phenoxy) is 1. The average Bonchev–Trinajstić information content (AvgIpc) is 2.10. The summed E-state index contributed by atoms with van der Waals surface area (Å²) in [5.74, 6) is 0.618. The molecule has 0 saturated carbocycles. The zero-order valence-electron chi connectivity index (χ0n) is 5.95. The molecular formula is C6H14N2O2. The van der Waals surface area contributed by atoms with Crippen LogP contribution in [0.25, 0.3) is 0 Å². The van der Waals surface area contributed by atoms with Crippen LogP contribution in [0.2, 0.25) is 0 Å². The molecule has 0 amide bonds. The van der Waals surface area contributed by atoms with Gasteiger partial charge in [-0.1, -0.05) is 0 Å². The molecule has 0 bridgehead atoms. The minimum atomic E-state index is 0. The van der Waals surface area contributed by atoms with Crippen LogP contribution < -0.4 is 5.73 Å². The van der Waals surface area contributed by atoms with Gasteiger partial charge in [0, 0.05) is 14.7 Å². The van der Waals surface area contributed by atoms with Crippen molar-refractivity contribution in [3.05, 3.63) is 12.3 Å². The first kappa shape index (κ1) is 9.13. The van der Waals surface area contributed by atoms with E-state index in [4.69, 9.17) is 15.6 Å². The van der Waals surface area contributed by atoms with Gasteiger partial charge in [0.1, 0.15) is 6.61 Å². The summed E-state index contributed by atoms with van der Waals surface area (Å²) < 4.78 is 4.97. The number of nitrogens with two attached hydrogens (primary N) is 1. The maximum absolute atomic E-state index is 7.00. The largest absolute Gasteiger partial charge is 0.476 e. The van der Waals surface area contributed by atoms with E-state index in [-0.39, 0.29) is 1.43 Å². The van der Waals surface area contributed by atoms with Gasteiger partial charge in [0.2, 0.25) is 5.90 Å². The maximum Gasteiger partial charge on any atom is 0.202 e. The zero-order valence-corrected chi connectivity index (χ0v) is 5.95. The van der Waals surface area contributed by atoms with Crippen molar-refractivity contribution in [2.24, 2.45) is 10.7 Å². The first-order chi connectivity index (χ1) is 4.93. The summed E-state index contributed by atoms with van der Waals surface area (Å²) >= 11 is 0. The topological polar surface area (TPSA) is 67.8 Å². The van der Waals surface area contributed by atoms with Crippen molar-refractivity contribution in [1.82, 2.24) is 0 Å². The highest BCUT2D eigenvalue weighted by atomic mass is 16.5. The third kappa shape index (κ3) is 3.21. The molecule has 0 fully saturated rings. The van der Waals surface area contributed by atoms with Gasteiger partial charge in [-0.15, -0.1) is 0 Å². The summed E-state index contributed by atoms with van der Waals surface area (Å²) in [5.41, 5.74) is 5.21. The molecule has 0 saturated heterocycles. The van der Waals surface area contributed by atoms with Gasteiger partial charge in [0.25, 0.3) is 0 Å². The van der Waals surface area contributed by atoms with Gasteiger partial charge in [-0.3, -0.25) is 0 Å². The van der Waals surface area contributed by atoms with Crippen LogP contribution in [-0.2, 0) is 4.74 Å². The lowest BCUT2D eigenvalue weighted by Gasteiger charge is -2.05. The van der Waals surface area contributed by atoms with Gasteiger partial charge < -0.3 is 15.6 Å². The zero-order chi connectivity index (χ0) is 7.82. The predicted octanol–water partition coefficient (Wildman–Crippen LogP) is -0.258. The van der Waals surface area contributed by atoms with Gasteiger partial charge in [0.15, 0.2) is 0 Å². The van der Waals surface area contributed by atoms with E-state index in [1.807, 2.05) is 6.08 Å². The van der Waals surface area contributed by atoms with Crippen LogP contribution in [0.3, 0.4) is 0 Å². The Kier molecular flexibility index (Phi) is 5.71. The highest BCUT2D eigenvalue weighted by Gasteiger charge is 1.95. The van der Waals surface area contributed by atoms with E-state index in [1.165, 1.54) is 0 Å². The average molecular weight is 146 g/mol. The van der Waals surface area contributed by atoms with Crippen LogP contribution in [0.15, 0.2) is 17.3 Å². The van der Waals surface area contributed by atoms with Gasteiger partial charge in [-0.2, -0.15) is 0 Å². The maximum atomic E-state index is 7.00. The highest BCUT2D eigenvalue weighted by Crippen LogP contribution is 1.90. The first-order valence-corrected chi connectivity index (χ1v) is 2.93. The molecule has 0 spiro atoms. The summed E-state index contributed by atoms with van der Waals surface area (Å²) in [6, 6.07) is 0. The number of aliphatic hydroxyl groups excluding tert-OH is 1. The molecule has 3 N–H and O–H groups in total. The summed E-state index contributed by atoms with van der Waals surface area (Å²) in [6.07, 6.45) is 3.53. The standard InChI is InChI=1S/C5H8N2O.CH4O.H2/c6-4-5-7-2-1-3-8-5;1-2;/h1-2H,3-4,6H2;2H,1H3;1H. The van der Waals surface area contributed by atoms with Crippen LogP contribution in [0, 0.1) is 0 Å². The molecule has 0 aromatic carbocycles. The van der Waals surface area contributed by atoms with E-state index in [0.29, 0.717) is 19.0 Å². The summed E-state index contributed by atoms with van der Waals surface area (Å²) in [6.45, 7) is 1.00. The van der Waals surface area contributed by atoms with Crippen molar-refractivity contribution in [2.75, 3.05) is 20.3 Å². The van der Waals surface area contributed by atoms with E-state index in [1.54, 1.807) is 6.20 Å². The summed E-state index contributed by atoms with van der Waals surface area (Å²) in [4.78, 5) is 3.84. The molecule has 0 aliphatic carbocycles. The fourth-order valence-corrected chi connectivity index (χ4v) is 0.472. The van der Waals surface area contributed by atoms with E-state index in [0.717, 1.165) is 7.11 Å². The van der Waals surface area contributed by atoms with Crippen molar-refractivity contribution in [3.8, 4) is 0 Å². The minimum Gasteiger partial charge on any atom is -0.476 e. The van der Waals surface area contributed by atoms with Crippen molar-refractivity contribution in [2.45, 2.75) is 0 Å². The Morgan fingerprint density at radius 2 is 2.60 bits per heavy atom. The Morgan fingerprint density at radius 3 is 2.90 bits per heavy atom. The third-order valence-electron chi connectivity index (χ3n) is 0.845. The number of hydrogen-bond donors (Lipinski definition) is 2. The second kappa shape index (κ2) is 6.25. The molecule has 4 nitrogen and oxygen atoms in total. The smallest absolute Gasteiger partial charge is 0.202 e. The van der Waals surface area contributed by atoms with Crippen molar-refractivity contribution >= 4 is 5.90 Å². The van der Waals surface area contributed by atoms with Crippen LogP contribution in [-0.4, -0.2) is 31.3 Å². The van der Waals surface area contributed by atoms with Gasteiger partial charge in [0.05, 0.1) is 6.54 Å². The number of hydrogen-bond acceptors (Lipinski definition) is 4. The van der Waals surface area contributed by atoms with Crippen LogP contribution in [0.5, 0.6) is 0 Å². The highest BCUT2D eigenvalue weighted by molar-refractivity contribution is 5.79. The first-order valence-electron chi connectivity index (χ1n) is 2.93. The van der Waals surface area contributed by atoms with E-state index < -0.39 is 0 Å². The molecule has 1 aliphatic rings. The number of rotatable bonds is 1. The fraction of sp³-hybridized carbons (Fsp3) is 0.500. The predicted molar refractivity (Wildman–Crippen MR) is 41.8 cm³/mol. The minimum absolute atomic E-state index is 0. The molecule has 0 atom stereocenters. The molecule has 60 valence electrons. The van der Waals surface area contributed by atoms with Gasteiger partial charge >= 0.3 is 0 Å².